The molecule has 1 aliphatic heterocycles. The third-order valence-corrected chi connectivity index (χ3v) is 4.11. The topological polar surface area (TPSA) is 67.6 Å². The number of nitrogens with zero attached hydrogens (tertiary/aromatic N) is 1. The van der Waals surface area contributed by atoms with Crippen LogP contribution in [0, 0.1) is 0 Å². The summed E-state index contributed by atoms with van der Waals surface area (Å²) in [6, 6.07) is 7.08. The van der Waals surface area contributed by atoms with Gasteiger partial charge in [0, 0.05) is 25.8 Å². The highest BCUT2D eigenvalue weighted by atomic mass is 32.1. The number of benzene rings is 1. The van der Waals surface area contributed by atoms with E-state index < -0.39 is 0 Å². The molecule has 0 spiro atoms. The molecular formula is C15H21N3O2S. The van der Waals surface area contributed by atoms with Gasteiger partial charge in [-0.2, -0.15) is 0 Å². The summed E-state index contributed by atoms with van der Waals surface area (Å²) in [5.41, 5.74) is 7.02. The third kappa shape index (κ3) is 3.78. The van der Waals surface area contributed by atoms with Crippen LogP contribution in [0.5, 0.6) is 0 Å². The lowest BCUT2D eigenvalue weighted by Gasteiger charge is -2.23. The molecule has 1 saturated heterocycles. The van der Waals surface area contributed by atoms with Crippen LogP contribution in [-0.4, -0.2) is 48.1 Å². The van der Waals surface area contributed by atoms with Crippen LogP contribution in [0.4, 0.5) is 5.69 Å². The number of hydrogen-bond acceptors (Lipinski definition) is 4. The third-order valence-electron chi connectivity index (χ3n) is 3.89. The largest absolute Gasteiger partial charge is 0.389 e. The fraction of sp³-hybridized carbons (Fsp3) is 0.467. The SMILES string of the molecule is COC1CCN(C(C)C(=O)Nc2ccccc2C(N)=S)C1. The maximum absolute atomic E-state index is 12.4. The van der Waals surface area contributed by atoms with E-state index in [4.69, 9.17) is 22.7 Å². The Morgan fingerprint density at radius 2 is 2.24 bits per heavy atom. The van der Waals surface area contributed by atoms with Crippen molar-refractivity contribution in [2.45, 2.75) is 25.5 Å². The summed E-state index contributed by atoms with van der Waals surface area (Å²) >= 11 is 5.01. The second kappa shape index (κ2) is 6.98. The van der Waals surface area contributed by atoms with Crippen molar-refractivity contribution < 1.29 is 9.53 Å². The van der Waals surface area contributed by atoms with Gasteiger partial charge in [-0.05, 0) is 25.5 Å². The number of ether oxygens (including phenoxy) is 1. The number of nitrogens with two attached hydrogens (primary N) is 1. The van der Waals surface area contributed by atoms with Crippen LogP contribution in [-0.2, 0) is 9.53 Å². The summed E-state index contributed by atoms with van der Waals surface area (Å²) in [4.78, 5) is 14.8. The van der Waals surface area contributed by atoms with E-state index in [9.17, 15) is 4.79 Å². The first kappa shape index (κ1) is 15.9. The number of thiocarbonyl (C=S) groups is 1. The normalized spacial score (nSPS) is 20.2. The van der Waals surface area contributed by atoms with E-state index in [0.29, 0.717) is 11.3 Å². The Balaban J connectivity index is 2.03. The fourth-order valence-corrected chi connectivity index (χ4v) is 2.69. The molecule has 1 amide bonds. The molecule has 1 aromatic carbocycles. The molecule has 2 unspecified atom stereocenters. The Hall–Kier alpha value is -1.50. The molecule has 2 rings (SSSR count). The second-order valence-corrected chi connectivity index (χ2v) is 5.66. The highest BCUT2D eigenvalue weighted by molar-refractivity contribution is 7.80. The minimum Gasteiger partial charge on any atom is -0.389 e. The Morgan fingerprint density at radius 1 is 1.52 bits per heavy atom. The first-order valence-corrected chi connectivity index (χ1v) is 7.40. The van der Waals surface area contributed by atoms with Crippen molar-refractivity contribution in [2.75, 3.05) is 25.5 Å². The van der Waals surface area contributed by atoms with Crippen LogP contribution in [0.15, 0.2) is 24.3 Å². The average Bonchev–Trinajstić information content (AvgIpc) is 2.95. The molecule has 3 N–H and O–H groups in total. The molecule has 1 fully saturated rings. The lowest BCUT2D eigenvalue weighted by molar-refractivity contribution is -0.120. The van der Waals surface area contributed by atoms with Crippen molar-refractivity contribution >= 4 is 28.8 Å². The smallest absolute Gasteiger partial charge is 0.241 e. The first-order valence-electron chi connectivity index (χ1n) is 6.99. The van der Waals surface area contributed by atoms with E-state index in [0.717, 1.165) is 19.5 Å². The molecule has 114 valence electrons. The zero-order valence-corrected chi connectivity index (χ0v) is 13.2. The van der Waals surface area contributed by atoms with Crippen LogP contribution in [0.3, 0.4) is 0 Å². The molecular weight excluding hydrogens is 286 g/mol. The lowest BCUT2D eigenvalue weighted by Crippen LogP contribution is -2.41. The molecule has 0 radical (unpaired) electrons. The number of nitrogens with one attached hydrogen (secondary N) is 1. The van der Waals surface area contributed by atoms with Crippen LogP contribution >= 0.6 is 12.2 Å². The van der Waals surface area contributed by atoms with Crippen molar-refractivity contribution in [3.8, 4) is 0 Å². The van der Waals surface area contributed by atoms with Crippen molar-refractivity contribution in [1.82, 2.24) is 4.90 Å². The van der Waals surface area contributed by atoms with Gasteiger partial charge in [0.1, 0.15) is 4.99 Å². The Kier molecular flexibility index (Phi) is 5.27. The van der Waals surface area contributed by atoms with Crippen molar-refractivity contribution in [2.24, 2.45) is 5.73 Å². The van der Waals surface area contributed by atoms with Crippen LogP contribution in [0.1, 0.15) is 18.9 Å². The predicted molar refractivity (Wildman–Crippen MR) is 87.4 cm³/mol. The number of carbonyl (C=O) groups excluding carboxylic acids is 1. The van der Waals surface area contributed by atoms with Gasteiger partial charge in [0.25, 0.3) is 0 Å². The molecule has 1 aliphatic rings. The molecule has 21 heavy (non-hydrogen) atoms. The molecule has 0 aromatic heterocycles. The molecule has 2 atom stereocenters. The van der Waals surface area contributed by atoms with E-state index in [1.165, 1.54) is 0 Å². The minimum atomic E-state index is -0.218. The number of likely N-dealkylation sites (tertiary alicyclic amines) is 1. The summed E-state index contributed by atoms with van der Waals surface area (Å²) in [6.45, 7) is 3.54. The van der Waals surface area contributed by atoms with E-state index in [-0.39, 0.29) is 23.0 Å². The van der Waals surface area contributed by atoms with Crippen LogP contribution in [0.25, 0.3) is 0 Å². The number of para-hydroxylation sites is 1. The monoisotopic (exact) mass is 307 g/mol. The predicted octanol–water partition coefficient (Wildman–Crippen LogP) is 1.37. The van der Waals surface area contributed by atoms with Crippen LogP contribution < -0.4 is 11.1 Å². The van der Waals surface area contributed by atoms with Gasteiger partial charge < -0.3 is 15.8 Å². The zero-order chi connectivity index (χ0) is 15.4. The minimum absolute atomic E-state index is 0.0598. The van der Waals surface area contributed by atoms with Gasteiger partial charge in [0.2, 0.25) is 5.91 Å². The number of hydrogen-bond donors (Lipinski definition) is 2. The summed E-state index contributed by atoms with van der Waals surface area (Å²) < 4.78 is 5.33. The van der Waals surface area contributed by atoms with E-state index >= 15 is 0 Å². The molecule has 1 heterocycles. The zero-order valence-electron chi connectivity index (χ0n) is 12.3. The molecule has 1 aromatic rings. The molecule has 0 bridgehead atoms. The maximum atomic E-state index is 12.4. The van der Waals surface area contributed by atoms with Gasteiger partial charge >= 0.3 is 0 Å². The summed E-state index contributed by atoms with van der Waals surface area (Å²) in [6.07, 6.45) is 1.17. The van der Waals surface area contributed by atoms with Gasteiger partial charge in [-0.25, -0.2) is 0 Å². The van der Waals surface area contributed by atoms with Crippen molar-refractivity contribution in [3.63, 3.8) is 0 Å². The second-order valence-electron chi connectivity index (χ2n) is 5.22. The quantitative estimate of drug-likeness (QED) is 0.804. The highest BCUT2D eigenvalue weighted by Gasteiger charge is 2.29. The lowest BCUT2D eigenvalue weighted by atomic mass is 10.1. The van der Waals surface area contributed by atoms with E-state index in [1.54, 1.807) is 19.2 Å². The number of carbonyl (C=O) groups is 1. The van der Waals surface area contributed by atoms with Gasteiger partial charge in [0.05, 0.1) is 17.8 Å². The molecule has 0 aliphatic carbocycles. The average molecular weight is 307 g/mol. The Bertz CT molecular complexity index is 535. The number of methoxy groups -OCH3 is 1. The Labute approximate surface area is 130 Å². The maximum Gasteiger partial charge on any atom is 0.241 e. The highest BCUT2D eigenvalue weighted by Crippen LogP contribution is 2.18. The number of anilines is 1. The van der Waals surface area contributed by atoms with E-state index in [2.05, 4.69) is 10.2 Å². The first-order chi connectivity index (χ1) is 10.0. The molecule has 6 heteroatoms. The van der Waals surface area contributed by atoms with Crippen LogP contribution in [0.2, 0.25) is 0 Å². The van der Waals surface area contributed by atoms with Crippen molar-refractivity contribution in [1.29, 1.82) is 0 Å². The summed E-state index contributed by atoms with van der Waals surface area (Å²) in [7, 11) is 1.71. The van der Waals surface area contributed by atoms with Gasteiger partial charge in [-0.3, -0.25) is 9.69 Å². The summed E-state index contributed by atoms with van der Waals surface area (Å²) in [5, 5.41) is 2.91. The molecule has 0 saturated carbocycles. The van der Waals surface area contributed by atoms with Gasteiger partial charge in [-0.15, -0.1) is 0 Å². The number of rotatable bonds is 5. The fourth-order valence-electron chi connectivity index (χ4n) is 2.51. The number of amides is 1. The Morgan fingerprint density at radius 3 is 2.86 bits per heavy atom. The molecule has 5 nitrogen and oxygen atoms in total. The van der Waals surface area contributed by atoms with Gasteiger partial charge in [-0.1, -0.05) is 24.4 Å². The van der Waals surface area contributed by atoms with Gasteiger partial charge in [0.15, 0.2) is 0 Å². The summed E-state index contributed by atoms with van der Waals surface area (Å²) in [5.74, 6) is -0.0598. The van der Waals surface area contributed by atoms with Crippen molar-refractivity contribution in [3.05, 3.63) is 29.8 Å². The van der Waals surface area contributed by atoms with E-state index in [1.807, 2.05) is 19.1 Å². The standard InChI is InChI=1S/C15H21N3O2S/c1-10(18-8-7-11(9-18)20-2)15(19)17-13-6-4-3-5-12(13)14(16)21/h3-6,10-11H,7-9H2,1-2H3,(H2,16,21)(H,17,19).